The monoisotopic (exact) mass is 432 g/mol. The van der Waals surface area contributed by atoms with Crippen LogP contribution in [0.15, 0.2) is 65.5 Å². The first-order chi connectivity index (χ1) is 15.6. The molecule has 2 heterocycles. The summed E-state index contributed by atoms with van der Waals surface area (Å²) in [6, 6.07) is 19.2. The Hall–Kier alpha value is -3.61. The number of anilines is 1. The van der Waals surface area contributed by atoms with Crippen molar-refractivity contribution in [2.45, 2.75) is 19.9 Å². The van der Waals surface area contributed by atoms with Crippen LogP contribution >= 0.6 is 0 Å². The number of hydrogen-bond acceptors (Lipinski definition) is 5. The molecule has 1 fully saturated rings. The van der Waals surface area contributed by atoms with Gasteiger partial charge in [0.05, 0.1) is 18.5 Å². The average molecular weight is 433 g/mol. The molecule has 0 spiro atoms. The first kappa shape index (κ1) is 21.6. The van der Waals surface area contributed by atoms with Crippen molar-refractivity contribution in [3.63, 3.8) is 0 Å². The van der Waals surface area contributed by atoms with Crippen molar-refractivity contribution in [3.05, 3.63) is 76.6 Å². The number of amides is 1. The quantitative estimate of drug-likeness (QED) is 0.599. The van der Waals surface area contributed by atoms with Gasteiger partial charge >= 0.3 is 0 Å². The summed E-state index contributed by atoms with van der Waals surface area (Å²) >= 11 is 0. The number of hydrogen-bond donors (Lipinski definition) is 0. The Morgan fingerprint density at radius 2 is 1.69 bits per heavy atom. The molecule has 1 aliphatic heterocycles. The lowest BCUT2D eigenvalue weighted by Gasteiger charge is -2.36. The molecule has 1 saturated heterocycles. The van der Waals surface area contributed by atoms with Crippen molar-refractivity contribution in [2.24, 2.45) is 0 Å². The van der Waals surface area contributed by atoms with Gasteiger partial charge in [-0.3, -0.25) is 9.59 Å². The zero-order chi connectivity index (χ0) is 22.5. The van der Waals surface area contributed by atoms with Crippen LogP contribution in [-0.2, 0) is 17.8 Å². The van der Waals surface area contributed by atoms with Gasteiger partial charge in [0.15, 0.2) is 0 Å². The number of aryl methyl sites for hydroxylation is 1. The molecule has 0 atom stereocenters. The van der Waals surface area contributed by atoms with Gasteiger partial charge in [-0.25, -0.2) is 4.68 Å². The van der Waals surface area contributed by atoms with Crippen LogP contribution in [0.5, 0.6) is 5.75 Å². The van der Waals surface area contributed by atoms with Gasteiger partial charge in [0.2, 0.25) is 5.91 Å². The highest BCUT2D eigenvalue weighted by Crippen LogP contribution is 2.28. The van der Waals surface area contributed by atoms with Gasteiger partial charge in [-0.2, -0.15) is 5.10 Å². The van der Waals surface area contributed by atoms with Gasteiger partial charge in [-0.05, 0) is 30.2 Å². The number of carbonyl (C=O) groups excluding carboxylic acids is 1. The molecule has 3 aromatic rings. The van der Waals surface area contributed by atoms with Gasteiger partial charge in [-0.1, -0.05) is 43.3 Å². The van der Waals surface area contributed by atoms with Crippen LogP contribution < -0.4 is 15.2 Å². The Kier molecular flexibility index (Phi) is 6.54. The van der Waals surface area contributed by atoms with E-state index < -0.39 is 0 Å². The van der Waals surface area contributed by atoms with Gasteiger partial charge in [-0.15, -0.1) is 0 Å². The Labute approximate surface area is 187 Å². The summed E-state index contributed by atoms with van der Waals surface area (Å²) in [7, 11) is 1.66. The van der Waals surface area contributed by atoms with E-state index in [0.29, 0.717) is 31.9 Å². The molecule has 1 amide bonds. The van der Waals surface area contributed by atoms with Crippen LogP contribution in [0.1, 0.15) is 12.5 Å². The van der Waals surface area contributed by atoms with E-state index in [1.165, 1.54) is 16.3 Å². The molecule has 7 nitrogen and oxygen atoms in total. The minimum atomic E-state index is -0.278. The van der Waals surface area contributed by atoms with Crippen LogP contribution in [0, 0.1) is 0 Å². The van der Waals surface area contributed by atoms with E-state index in [4.69, 9.17) is 4.74 Å². The third-order valence-electron chi connectivity index (χ3n) is 5.87. The number of aromatic nitrogens is 2. The summed E-state index contributed by atoms with van der Waals surface area (Å²) in [4.78, 5) is 29.2. The van der Waals surface area contributed by atoms with Gasteiger partial charge in [0, 0.05) is 37.8 Å². The van der Waals surface area contributed by atoms with E-state index >= 15 is 0 Å². The van der Waals surface area contributed by atoms with Crippen molar-refractivity contribution in [2.75, 3.05) is 38.2 Å². The molecule has 0 bridgehead atoms. The number of benzene rings is 2. The molecule has 7 heteroatoms. The maximum atomic E-state index is 12.9. The topological polar surface area (TPSA) is 67.7 Å². The molecule has 0 aliphatic carbocycles. The van der Waals surface area contributed by atoms with Crippen molar-refractivity contribution in [1.82, 2.24) is 14.7 Å². The van der Waals surface area contributed by atoms with E-state index in [0.717, 1.165) is 23.4 Å². The third kappa shape index (κ3) is 4.66. The number of carbonyl (C=O) groups is 1. The second-order valence-corrected chi connectivity index (χ2v) is 7.80. The Bertz CT molecular complexity index is 1130. The highest BCUT2D eigenvalue weighted by Gasteiger charge is 2.23. The summed E-state index contributed by atoms with van der Waals surface area (Å²) in [6.07, 6.45) is 0.964. The van der Waals surface area contributed by atoms with Gasteiger partial charge in [0.25, 0.3) is 5.56 Å². The maximum Gasteiger partial charge on any atom is 0.267 e. The summed E-state index contributed by atoms with van der Waals surface area (Å²) in [5, 5.41) is 4.45. The van der Waals surface area contributed by atoms with E-state index in [2.05, 4.69) is 29.1 Å². The van der Waals surface area contributed by atoms with Crippen LogP contribution in [0.3, 0.4) is 0 Å². The molecule has 1 aliphatic rings. The largest absolute Gasteiger partial charge is 0.495 e. The van der Waals surface area contributed by atoms with Gasteiger partial charge < -0.3 is 14.5 Å². The first-order valence-electron chi connectivity index (χ1n) is 10.9. The normalized spacial score (nSPS) is 13.8. The average Bonchev–Trinajstić information content (AvgIpc) is 2.85. The van der Waals surface area contributed by atoms with E-state index in [-0.39, 0.29) is 18.0 Å². The lowest BCUT2D eigenvalue weighted by atomic mass is 10.1. The first-order valence-corrected chi connectivity index (χ1v) is 10.9. The predicted octanol–water partition coefficient (Wildman–Crippen LogP) is 2.83. The molecule has 1 aromatic heterocycles. The number of rotatable bonds is 6. The maximum absolute atomic E-state index is 12.9. The summed E-state index contributed by atoms with van der Waals surface area (Å²) in [5.74, 6) is 0.726. The summed E-state index contributed by atoms with van der Waals surface area (Å²) in [5.41, 5.74) is 3.60. The standard InChI is InChI=1S/C25H28N4O3/c1-3-19-8-10-20(11-9-19)21-12-13-24(30)29(26-21)18-25(31)28-16-14-27(15-17-28)22-6-4-5-7-23(22)32-2/h4-13H,3,14-18H2,1-2H3. The Balaban J connectivity index is 1.42. The second kappa shape index (κ2) is 9.68. The number of ether oxygens (including phenoxy) is 1. The Morgan fingerprint density at radius 1 is 0.969 bits per heavy atom. The lowest BCUT2D eigenvalue weighted by molar-refractivity contribution is -0.132. The highest BCUT2D eigenvalue weighted by molar-refractivity contribution is 5.76. The molecule has 166 valence electrons. The molecule has 2 aromatic carbocycles. The second-order valence-electron chi connectivity index (χ2n) is 7.80. The van der Waals surface area contributed by atoms with Crippen LogP contribution in [0.25, 0.3) is 11.3 Å². The fourth-order valence-electron chi connectivity index (χ4n) is 3.94. The molecular formula is C25H28N4O3. The smallest absolute Gasteiger partial charge is 0.267 e. The van der Waals surface area contributed by atoms with Crippen LogP contribution in [0.2, 0.25) is 0 Å². The third-order valence-corrected chi connectivity index (χ3v) is 5.87. The highest BCUT2D eigenvalue weighted by atomic mass is 16.5. The zero-order valence-electron chi connectivity index (χ0n) is 18.5. The number of para-hydroxylation sites is 2. The molecule has 4 rings (SSSR count). The summed E-state index contributed by atoms with van der Waals surface area (Å²) in [6.45, 7) is 4.63. The molecule has 0 saturated carbocycles. The van der Waals surface area contributed by atoms with Crippen molar-refractivity contribution in [1.29, 1.82) is 0 Å². The van der Waals surface area contributed by atoms with E-state index in [9.17, 15) is 9.59 Å². The lowest BCUT2D eigenvalue weighted by Crippen LogP contribution is -2.50. The van der Waals surface area contributed by atoms with Crippen molar-refractivity contribution < 1.29 is 9.53 Å². The number of methoxy groups -OCH3 is 1. The van der Waals surface area contributed by atoms with Crippen molar-refractivity contribution >= 4 is 11.6 Å². The van der Waals surface area contributed by atoms with Crippen LogP contribution in [0.4, 0.5) is 5.69 Å². The number of nitrogens with zero attached hydrogens (tertiary/aromatic N) is 4. The fraction of sp³-hybridized carbons (Fsp3) is 0.320. The summed E-state index contributed by atoms with van der Waals surface area (Å²) < 4.78 is 6.72. The van der Waals surface area contributed by atoms with Crippen molar-refractivity contribution in [3.8, 4) is 17.0 Å². The predicted molar refractivity (Wildman–Crippen MR) is 125 cm³/mol. The molecule has 0 N–H and O–H groups in total. The minimum Gasteiger partial charge on any atom is -0.495 e. The van der Waals surface area contributed by atoms with E-state index in [1.807, 2.05) is 36.4 Å². The molecule has 32 heavy (non-hydrogen) atoms. The number of piperazine rings is 1. The molecule has 0 radical (unpaired) electrons. The molecular weight excluding hydrogens is 404 g/mol. The van der Waals surface area contributed by atoms with E-state index in [1.54, 1.807) is 18.1 Å². The SMILES string of the molecule is CCc1ccc(-c2ccc(=O)n(CC(=O)N3CCN(c4ccccc4OC)CC3)n2)cc1. The van der Waals surface area contributed by atoms with Gasteiger partial charge in [0.1, 0.15) is 12.3 Å². The van der Waals surface area contributed by atoms with Crippen LogP contribution in [-0.4, -0.2) is 53.9 Å². The fourth-order valence-corrected chi connectivity index (χ4v) is 3.94. The Morgan fingerprint density at radius 3 is 2.38 bits per heavy atom. The zero-order valence-corrected chi connectivity index (χ0v) is 18.5. The molecule has 0 unspecified atom stereocenters. The minimum absolute atomic E-state index is 0.0611.